The average Bonchev–Trinajstić information content (AvgIpc) is 2.43. The van der Waals surface area contributed by atoms with Gasteiger partial charge in [0.1, 0.15) is 17.9 Å². The second-order valence-electron chi connectivity index (χ2n) is 4.66. The Morgan fingerprint density at radius 1 is 1.28 bits per heavy atom. The summed E-state index contributed by atoms with van der Waals surface area (Å²) in [4.78, 5) is 0. The number of nitriles is 1. The van der Waals surface area contributed by atoms with Crippen LogP contribution in [0.2, 0.25) is 0 Å². The highest BCUT2D eigenvalue weighted by molar-refractivity contribution is 5.27. The van der Waals surface area contributed by atoms with Crippen LogP contribution in [-0.2, 0) is 6.42 Å². The second-order valence-corrected chi connectivity index (χ2v) is 4.66. The number of ether oxygens (including phenoxy) is 1. The van der Waals surface area contributed by atoms with E-state index in [0.717, 1.165) is 25.1 Å². The minimum absolute atomic E-state index is 0.356. The molecule has 3 nitrogen and oxygen atoms in total. The maximum Gasteiger partial charge on any atom is 0.138 e. The van der Waals surface area contributed by atoms with Crippen molar-refractivity contribution < 1.29 is 4.74 Å². The molecule has 0 bridgehead atoms. The minimum atomic E-state index is -0.626. The van der Waals surface area contributed by atoms with Gasteiger partial charge >= 0.3 is 0 Å². The SMILES string of the molecule is CCCNC(C)(C#N)COc1ccc(CC)cc1. The molecule has 0 fully saturated rings. The zero-order chi connectivity index (χ0) is 13.4. The maximum atomic E-state index is 9.18. The Balaban J connectivity index is 2.54. The highest BCUT2D eigenvalue weighted by Crippen LogP contribution is 2.14. The molecule has 0 saturated heterocycles. The van der Waals surface area contributed by atoms with E-state index >= 15 is 0 Å². The first kappa shape index (κ1) is 14.5. The maximum absolute atomic E-state index is 9.18. The van der Waals surface area contributed by atoms with Gasteiger partial charge in [-0.15, -0.1) is 0 Å². The van der Waals surface area contributed by atoms with Crippen LogP contribution in [0.25, 0.3) is 0 Å². The van der Waals surface area contributed by atoms with Crippen molar-refractivity contribution in [1.82, 2.24) is 5.32 Å². The van der Waals surface area contributed by atoms with Crippen molar-refractivity contribution in [2.45, 2.75) is 39.2 Å². The van der Waals surface area contributed by atoms with Crippen LogP contribution in [0.1, 0.15) is 32.8 Å². The fourth-order valence-corrected chi connectivity index (χ4v) is 1.57. The van der Waals surface area contributed by atoms with Crippen molar-refractivity contribution in [3.05, 3.63) is 29.8 Å². The van der Waals surface area contributed by atoms with Gasteiger partial charge in [-0.3, -0.25) is 5.32 Å². The van der Waals surface area contributed by atoms with Crippen LogP contribution in [-0.4, -0.2) is 18.7 Å². The molecule has 1 atom stereocenters. The molecule has 1 N–H and O–H groups in total. The van der Waals surface area contributed by atoms with Crippen molar-refractivity contribution in [3.8, 4) is 11.8 Å². The average molecular weight is 246 g/mol. The summed E-state index contributed by atoms with van der Waals surface area (Å²) < 4.78 is 5.67. The van der Waals surface area contributed by atoms with Gasteiger partial charge in [-0.1, -0.05) is 26.0 Å². The van der Waals surface area contributed by atoms with E-state index in [2.05, 4.69) is 37.4 Å². The van der Waals surface area contributed by atoms with E-state index in [1.807, 2.05) is 19.1 Å². The highest BCUT2D eigenvalue weighted by atomic mass is 16.5. The largest absolute Gasteiger partial charge is 0.491 e. The first-order valence-electron chi connectivity index (χ1n) is 6.51. The second kappa shape index (κ2) is 7.03. The Morgan fingerprint density at radius 2 is 1.94 bits per heavy atom. The molecule has 0 radical (unpaired) electrons. The van der Waals surface area contributed by atoms with Gasteiger partial charge in [-0.2, -0.15) is 5.26 Å². The summed E-state index contributed by atoms with van der Waals surface area (Å²) in [6.07, 6.45) is 2.02. The zero-order valence-corrected chi connectivity index (χ0v) is 11.5. The normalized spacial score (nSPS) is 13.7. The van der Waals surface area contributed by atoms with Gasteiger partial charge in [0.05, 0.1) is 6.07 Å². The summed E-state index contributed by atoms with van der Waals surface area (Å²) in [6, 6.07) is 10.3. The molecule has 18 heavy (non-hydrogen) atoms. The van der Waals surface area contributed by atoms with Crippen molar-refractivity contribution in [2.24, 2.45) is 0 Å². The van der Waals surface area contributed by atoms with Crippen LogP contribution in [0.15, 0.2) is 24.3 Å². The molecule has 0 aliphatic rings. The lowest BCUT2D eigenvalue weighted by atomic mass is 10.1. The first-order chi connectivity index (χ1) is 8.63. The summed E-state index contributed by atoms with van der Waals surface area (Å²) in [5, 5.41) is 12.4. The van der Waals surface area contributed by atoms with E-state index in [4.69, 9.17) is 4.74 Å². The van der Waals surface area contributed by atoms with Gasteiger partial charge in [0.25, 0.3) is 0 Å². The minimum Gasteiger partial charge on any atom is -0.491 e. The zero-order valence-electron chi connectivity index (χ0n) is 11.5. The summed E-state index contributed by atoms with van der Waals surface area (Å²) >= 11 is 0. The van der Waals surface area contributed by atoms with E-state index in [9.17, 15) is 5.26 Å². The third kappa shape index (κ3) is 4.38. The molecule has 1 unspecified atom stereocenters. The number of benzene rings is 1. The van der Waals surface area contributed by atoms with Crippen molar-refractivity contribution in [1.29, 1.82) is 5.26 Å². The summed E-state index contributed by atoms with van der Waals surface area (Å²) in [7, 11) is 0. The Morgan fingerprint density at radius 3 is 2.44 bits per heavy atom. The monoisotopic (exact) mass is 246 g/mol. The molecular formula is C15H22N2O. The van der Waals surface area contributed by atoms with Gasteiger partial charge in [-0.05, 0) is 44.0 Å². The van der Waals surface area contributed by atoms with Gasteiger partial charge < -0.3 is 4.74 Å². The van der Waals surface area contributed by atoms with E-state index < -0.39 is 5.54 Å². The third-order valence-corrected chi connectivity index (χ3v) is 2.87. The molecule has 0 amide bonds. The Labute approximate surface area is 110 Å². The molecule has 3 heteroatoms. The molecular weight excluding hydrogens is 224 g/mol. The van der Waals surface area contributed by atoms with Crippen LogP contribution in [0.4, 0.5) is 0 Å². The fourth-order valence-electron chi connectivity index (χ4n) is 1.57. The molecule has 0 saturated carbocycles. The fraction of sp³-hybridized carbons (Fsp3) is 0.533. The van der Waals surface area contributed by atoms with Gasteiger partial charge in [-0.25, -0.2) is 0 Å². The first-order valence-corrected chi connectivity index (χ1v) is 6.51. The summed E-state index contributed by atoms with van der Waals surface area (Å²) in [5.74, 6) is 0.812. The lowest BCUT2D eigenvalue weighted by Gasteiger charge is -2.23. The quantitative estimate of drug-likeness (QED) is 0.804. The van der Waals surface area contributed by atoms with E-state index in [-0.39, 0.29) is 0 Å². The molecule has 1 rings (SSSR count). The third-order valence-electron chi connectivity index (χ3n) is 2.87. The van der Waals surface area contributed by atoms with Crippen molar-refractivity contribution in [3.63, 3.8) is 0 Å². The number of hydrogen-bond donors (Lipinski definition) is 1. The number of nitrogens with zero attached hydrogens (tertiary/aromatic N) is 1. The number of nitrogens with one attached hydrogen (secondary N) is 1. The van der Waals surface area contributed by atoms with Crippen LogP contribution in [0, 0.1) is 11.3 Å². The van der Waals surface area contributed by atoms with Crippen molar-refractivity contribution >= 4 is 0 Å². The molecule has 98 valence electrons. The molecule has 0 spiro atoms. The number of rotatable bonds is 7. The molecule has 0 aliphatic heterocycles. The summed E-state index contributed by atoms with van der Waals surface area (Å²) in [5.41, 5.74) is 0.661. The molecule has 1 aromatic rings. The Kier molecular flexibility index (Phi) is 5.67. The van der Waals surface area contributed by atoms with Crippen molar-refractivity contribution in [2.75, 3.05) is 13.2 Å². The van der Waals surface area contributed by atoms with Crippen LogP contribution in [0.3, 0.4) is 0 Å². The molecule has 0 aromatic heterocycles. The predicted octanol–water partition coefficient (Wildman–Crippen LogP) is 2.91. The number of hydrogen-bond acceptors (Lipinski definition) is 3. The highest BCUT2D eigenvalue weighted by Gasteiger charge is 2.23. The van der Waals surface area contributed by atoms with Gasteiger partial charge in [0, 0.05) is 0 Å². The van der Waals surface area contributed by atoms with Crippen LogP contribution in [0.5, 0.6) is 5.75 Å². The number of aryl methyl sites for hydroxylation is 1. The standard InChI is InChI=1S/C15H22N2O/c1-4-10-17-15(3,11-16)12-18-14-8-6-13(5-2)7-9-14/h6-9,17H,4-5,10,12H2,1-3H3. The molecule has 1 aromatic carbocycles. The lowest BCUT2D eigenvalue weighted by Crippen LogP contribution is -2.46. The van der Waals surface area contributed by atoms with Crippen LogP contribution >= 0.6 is 0 Å². The Hall–Kier alpha value is -1.53. The topological polar surface area (TPSA) is 45.0 Å². The van der Waals surface area contributed by atoms with E-state index in [1.165, 1.54) is 5.56 Å². The van der Waals surface area contributed by atoms with Gasteiger partial charge in [0.15, 0.2) is 0 Å². The summed E-state index contributed by atoms with van der Waals surface area (Å²) in [6.45, 7) is 7.24. The smallest absolute Gasteiger partial charge is 0.138 e. The van der Waals surface area contributed by atoms with Crippen LogP contribution < -0.4 is 10.1 Å². The van der Waals surface area contributed by atoms with Gasteiger partial charge in [0.2, 0.25) is 0 Å². The Bertz CT molecular complexity index is 394. The predicted molar refractivity (Wildman–Crippen MR) is 73.6 cm³/mol. The molecule has 0 heterocycles. The van der Waals surface area contributed by atoms with E-state index in [0.29, 0.717) is 6.61 Å². The lowest BCUT2D eigenvalue weighted by molar-refractivity contribution is 0.234. The molecule has 0 aliphatic carbocycles. The van der Waals surface area contributed by atoms with E-state index in [1.54, 1.807) is 0 Å².